The van der Waals surface area contributed by atoms with Crippen LogP contribution in [0.1, 0.15) is 31.7 Å². The molecule has 0 amide bonds. The number of aromatic nitrogens is 6. The van der Waals surface area contributed by atoms with E-state index in [0.717, 1.165) is 47.5 Å². The maximum atomic E-state index is 12.6. The van der Waals surface area contributed by atoms with Gasteiger partial charge in [0.25, 0.3) is 0 Å². The van der Waals surface area contributed by atoms with E-state index < -0.39 is 0 Å². The number of halogens is 1. The molecule has 0 aliphatic rings. The van der Waals surface area contributed by atoms with E-state index in [0.29, 0.717) is 13.1 Å². The lowest BCUT2D eigenvalue weighted by Crippen LogP contribution is -2.23. The van der Waals surface area contributed by atoms with Gasteiger partial charge in [0.1, 0.15) is 0 Å². The van der Waals surface area contributed by atoms with Crippen LogP contribution in [-0.2, 0) is 26.2 Å². The van der Waals surface area contributed by atoms with E-state index in [1.807, 2.05) is 42.4 Å². The van der Waals surface area contributed by atoms with Gasteiger partial charge < -0.3 is 4.57 Å². The molecule has 30 heavy (non-hydrogen) atoms. The molecule has 0 N–H and O–H groups in total. The van der Waals surface area contributed by atoms with Crippen LogP contribution in [0, 0.1) is 13.8 Å². The highest BCUT2D eigenvalue weighted by Crippen LogP contribution is 2.24. The third-order valence-corrected chi connectivity index (χ3v) is 5.53. The van der Waals surface area contributed by atoms with Crippen LogP contribution in [0.3, 0.4) is 0 Å². The van der Waals surface area contributed by atoms with E-state index in [1.54, 1.807) is 0 Å². The Morgan fingerprint density at radius 2 is 1.70 bits per heavy atom. The van der Waals surface area contributed by atoms with Crippen molar-refractivity contribution in [2.75, 3.05) is 0 Å². The minimum atomic E-state index is 0. The minimum absolute atomic E-state index is 0. The van der Waals surface area contributed by atoms with Crippen molar-refractivity contribution in [1.82, 2.24) is 28.5 Å². The highest BCUT2D eigenvalue weighted by molar-refractivity contribution is 5.85. The third-order valence-electron chi connectivity index (χ3n) is 5.53. The Kier molecular flexibility index (Phi) is 6.51. The fraction of sp³-hybridized carbons (Fsp3) is 0.409. The summed E-state index contributed by atoms with van der Waals surface area (Å²) in [6, 6.07) is 8.35. The Bertz CT molecular complexity index is 1210. The smallest absolute Gasteiger partial charge is 0.329 e. The van der Waals surface area contributed by atoms with Gasteiger partial charge in [0.05, 0.1) is 34.9 Å². The summed E-state index contributed by atoms with van der Waals surface area (Å²) in [6.45, 7) is 11.2. The Balaban J connectivity index is 0.00000256. The van der Waals surface area contributed by atoms with Gasteiger partial charge in [-0.2, -0.15) is 5.10 Å². The normalized spacial score (nSPS) is 11.2. The summed E-state index contributed by atoms with van der Waals surface area (Å²) in [6.07, 6.45) is 4.75. The lowest BCUT2D eigenvalue weighted by molar-refractivity contribution is 0.518. The molecule has 0 fully saturated rings. The largest absolute Gasteiger partial charge is 0.331 e. The Morgan fingerprint density at radius 1 is 0.967 bits per heavy atom. The average molecular weight is 429 g/mol. The molecule has 1 aromatic carbocycles. The first-order valence-corrected chi connectivity index (χ1v) is 10.3. The summed E-state index contributed by atoms with van der Waals surface area (Å²) in [4.78, 5) is 17.0. The second-order valence-electron chi connectivity index (χ2n) is 7.45. The van der Waals surface area contributed by atoms with Gasteiger partial charge in [0.15, 0.2) is 0 Å². The molecule has 0 saturated carbocycles. The van der Waals surface area contributed by atoms with Crippen molar-refractivity contribution in [1.29, 1.82) is 0 Å². The van der Waals surface area contributed by atoms with Crippen LogP contribution in [0.25, 0.3) is 22.3 Å². The number of fused-ring (bicyclic) bond motifs is 1. The summed E-state index contributed by atoms with van der Waals surface area (Å²) >= 11 is 0. The molecule has 7 nitrogen and oxygen atoms in total. The Morgan fingerprint density at radius 3 is 2.37 bits per heavy atom. The van der Waals surface area contributed by atoms with Crippen molar-refractivity contribution in [2.24, 2.45) is 0 Å². The van der Waals surface area contributed by atoms with Crippen molar-refractivity contribution in [3.8, 4) is 11.3 Å². The number of rotatable bonds is 7. The topological polar surface area (TPSA) is 62.6 Å². The zero-order chi connectivity index (χ0) is 20.5. The van der Waals surface area contributed by atoms with Gasteiger partial charge in [-0.1, -0.05) is 6.07 Å². The monoisotopic (exact) mass is 428 g/mol. The molecule has 3 aromatic heterocycles. The van der Waals surface area contributed by atoms with Gasteiger partial charge >= 0.3 is 5.69 Å². The third kappa shape index (κ3) is 3.81. The van der Waals surface area contributed by atoms with E-state index in [4.69, 9.17) is 0 Å². The predicted molar refractivity (Wildman–Crippen MR) is 122 cm³/mol. The molecule has 0 atom stereocenters. The van der Waals surface area contributed by atoms with Gasteiger partial charge in [0.2, 0.25) is 0 Å². The van der Waals surface area contributed by atoms with Crippen molar-refractivity contribution in [2.45, 2.75) is 60.3 Å². The van der Waals surface area contributed by atoms with Crippen LogP contribution in [0.15, 0.2) is 41.6 Å². The number of benzene rings is 1. The summed E-state index contributed by atoms with van der Waals surface area (Å²) < 4.78 is 7.91. The Hall–Kier alpha value is -2.80. The van der Waals surface area contributed by atoms with Gasteiger partial charge in [0, 0.05) is 37.4 Å². The molecule has 0 saturated heterocycles. The van der Waals surface area contributed by atoms with Crippen LogP contribution in [0.2, 0.25) is 0 Å². The van der Waals surface area contributed by atoms with Crippen molar-refractivity contribution < 1.29 is 0 Å². The van der Waals surface area contributed by atoms with E-state index in [2.05, 4.69) is 50.5 Å². The second-order valence-corrected chi connectivity index (χ2v) is 7.45. The lowest BCUT2D eigenvalue weighted by atomic mass is 10.1. The quantitative estimate of drug-likeness (QED) is 0.446. The molecule has 0 bridgehead atoms. The molecule has 0 spiro atoms. The summed E-state index contributed by atoms with van der Waals surface area (Å²) in [5.41, 5.74) is 6.42. The van der Waals surface area contributed by atoms with Crippen molar-refractivity contribution in [3.05, 3.63) is 58.7 Å². The number of aryl methyl sites for hydroxylation is 6. The van der Waals surface area contributed by atoms with Crippen LogP contribution in [-0.4, -0.2) is 28.5 Å². The molecule has 8 heteroatoms. The van der Waals surface area contributed by atoms with E-state index >= 15 is 0 Å². The average Bonchev–Trinajstić information content (AvgIpc) is 3.36. The van der Waals surface area contributed by atoms with Crippen molar-refractivity contribution in [3.63, 3.8) is 0 Å². The SMILES string of the molecule is CCn1c(=O)n(CC)c2cc(-c3cncn3CCCn3nc(C)cc3C)ccc21.Cl. The summed E-state index contributed by atoms with van der Waals surface area (Å²) in [5.74, 6) is 0. The van der Waals surface area contributed by atoms with Crippen LogP contribution >= 0.6 is 12.4 Å². The van der Waals surface area contributed by atoms with Gasteiger partial charge in [-0.05, 0) is 52.3 Å². The van der Waals surface area contributed by atoms with E-state index in [9.17, 15) is 4.79 Å². The van der Waals surface area contributed by atoms with E-state index in [1.165, 1.54) is 5.69 Å². The molecule has 0 aliphatic heterocycles. The number of hydrogen-bond donors (Lipinski definition) is 0. The maximum absolute atomic E-state index is 12.6. The van der Waals surface area contributed by atoms with Gasteiger partial charge in [-0.15, -0.1) is 12.4 Å². The Labute approximate surface area is 182 Å². The minimum Gasteiger partial charge on any atom is -0.331 e. The molecular formula is C22H29ClN6O. The predicted octanol–water partition coefficient (Wildman–Crippen LogP) is 4.03. The molecule has 160 valence electrons. The first kappa shape index (κ1) is 21.9. The highest BCUT2D eigenvalue weighted by Gasteiger charge is 2.13. The van der Waals surface area contributed by atoms with Gasteiger partial charge in [-0.25, -0.2) is 9.78 Å². The van der Waals surface area contributed by atoms with E-state index in [-0.39, 0.29) is 18.1 Å². The van der Waals surface area contributed by atoms with Crippen LogP contribution in [0.5, 0.6) is 0 Å². The molecule has 3 heterocycles. The maximum Gasteiger partial charge on any atom is 0.329 e. The first-order chi connectivity index (χ1) is 14.0. The molecule has 4 rings (SSSR count). The molecule has 0 aliphatic carbocycles. The zero-order valence-corrected chi connectivity index (χ0v) is 18.8. The molecule has 0 radical (unpaired) electrons. The van der Waals surface area contributed by atoms with Crippen LogP contribution < -0.4 is 5.69 Å². The summed E-state index contributed by atoms with van der Waals surface area (Å²) in [7, 11) is 0. The molecule has 4 aromatic rings. The number of imidazole rings is 2. The molecule has 0 unspecified atom stereocenters. The highest BCUT2D eigenvalue weighted by atomic mass is 35.5. The fourth-order valence-corrected chi connectivity index (χ4v) is 4.12. The standard InChI is InChI=1S/C22H28N6O.ClH/c1-5-26-19-9-8-18(13-20(19)27(6-2)22(26)29)21-14-23-15-25(21)10-7-11-28-17(4)12-16(3)24-28;/h8-9,12-15H,5-7,10-11H2,1-4H3;1H. The lowest BCUT2D eigenvalue weighted by Gasteiger charge is -2.10. The van der Waals surface area contributed by atoms with Crippen LogP contribution in [0.4, 0.5) is 0 Å². The molecular weight excluding hydrogens is 400 g/mol. The second kappa shape index (κ2) is 8.92. The zero-order valence-electron chi connectivity index (χ0n) is 18.0. The van der Waals surface area contributed by atoms with Crippen molar-refractivity contribution >= 4 is 23.4 Å². The van der Waals surface area contributed by atoms with Gasteiger partial charge in [-0.3, -0.25) is 13.8 Å². The number of hydrogen-bond acceptors (Lipinski definition) is 3. The number of nitrogens with zero attached hydrogens (tertiary/aromatic N) is 6. The first-order valence-electron chi connectivity index (χ1n) is 10.3. The fourth-order valence-electron chi connectivity index (χ4n) is 4.12. The summed E-state index contributed by atoms with van der Waals surface area (Å²) in [5, 5.41) is 4.54.